The molecule has 1 aliphatic carbocycles. The molecule has 0 bridgehead atoms. The van der Waals surface area contributed by atoms with Crippen LogP contribution in [0.15, 0.2) is 53.9 Å². The molecule has 2 unspecified atom stereocenters. The minimum Gasteiger partial charge on any atom is -0.362 e. The number of nitrogens with zero attached hydrogens (tertiary/aromatic N) is 2. The molecule has 2 aromatic rings. The van der Waals surface area contributed by atoms with E-state index in [0.717, 1.165) is 27.6 Å². The Kier molecular flexibility index (Phi) is 7.76. The molecule has 176 valence electrons. The van der Waals surface area contributed by atoms with Gasteiger partial charge in [0.05, 0.1) is 11.6 Å². The van der Waals surface area contributed by atoms with Crippen molar-refractivity contribution in [3.8, 4) is 0 Å². The summed E-state index contributed by atoms with van der Waals surface area (Å²) in [5.41, 5.74) is 2.92. The lowest BCUT2D eigenvalue weighted by atomic mass is 9.94. The van der Waals surface area contributed by atoms with Gasteiger partial charge >= 0.3 is 0 Å². The van der Waals surface area contributed by atoms with Gasteiger partial charge in [0.1, 0.15) is 12.0 Å². The number of carbonyl (C=O) groups is 1. The zero-order chi connectivity index (χ0) is 24.2. The van der Waals surface area contributed by atoms with E-state index in [0.29, 0.717) is 24.2 Å². The molecule has 7 heteroatoms. The van der Waals surface area contributed by atoms with Crippen LogP contribution in [0.4, 0.5) is 10.2 Å². The molecule has 0 spiro atoms. The SMILES string of the molecule is C\C=C(/C(C)=C\C(=C\CC)C(O)(O)CCC)c1cc2cnc(NC(=O)C3CC3F)cc2cn1. The summed E-state index contributed by atoms with van der Waals surface area (Å²) in [5.74, 6) is -2.43. The van der Waals surface area contributed by atoms with Crippen LogP contribution in [-0.2, 0) is 4.79 Å². The first-order valence-electron chi connectivity index (χ1n) is 11.4. The molecule has 2 aromatic heterocycles. The Bertz CT molecular complexity index is 1120. The predicted octanol–water partition coefficient (Wildman–Crippen LogP) is 5.09. The summed E-state index contributed by atoms with van der Waals surface area (Å²) >= 11 is 0. The van der Waals surface area contributed by atoms with Crippen molar-refractivity contribution in [2.45, 2.75) is 65.3 Å². The molecule has 2 heterocycles. The second-order valence-electron chi connectivity index (χ2n) is 8.50. The second kappa shape index (κ2) is 10.4. The highest BCUT2D eigenvalue weighted by atomic mass is 19.1. The molecule has 1 amide bonds. The van der Waals surface area contributed by atoms with Crippen LogP contribution in [-0.4, -0.2) is 38.0 Å². The fraction of sp³-hybridized carbons (Fsp3) is 0.423. The van der Waals surface area contributed by atoms with Crippen molar-refractivity contribution in [1.29, 1.82) is 0 Å². The van der Waals surface area contributed by atoms with E-state index in [4.69, 9.17) is 0 Å². The first-order valence-corrected chi connectivity index (χ1v) is 11.4. The van der Waals surface area contributed by atoms with E-state index in [1.54, 1.807) is 24.5 Å². The summed E-state index contributed by atoms with van der Waals surface area (Å²) in [6.07, 6.45) is 9.71. The summed E-state index contributed by atoms with van der Waals surface area (Å²) in [6, 6.07) is 3.62. The largest absolute Gasteiger partial charge is 0.362 e. The first kappa shape index (κ1) is 24.7. The number of fused-ring (bicyclic) bond motifs is 1. The lowest BCUT2D eigenvalue weighted by Gasteiger charge is -2.23. The average Bonchev–Trinajstić information content (AvgIpc) is 3.50. The zero-order valence-corrected chi connectivity index (χ0v) is 19.6. The monoisotopic (exact) mass is 453 g/mol. The van der Waals surface area contributed by atoms with Crippen LogP contribution in [0.25, 0.3) is 16.3 Å². The maximum Gasteiger partial charge on any atom is 0.231 e. The van der Waals surface area contributed by atoms with Gasteiger partial charge in [-0.15, -0.1) is 0 Å². The summed E-state index contributed by atoms with van der Waals surface area (Å²) in [7, 11) is 0. The van der Waals surface area contributed by atoms with Gasteiger partial charge in [0, 0.05) is 35.2 Å². The third-order valence-electron chi connectivity index (χ3n) is 5.75. The fourth-order valence-electron chi connectivity index (χ4n) is 3.85. The maximum atomic E-state index is 13.1. The van der Waals surface area contributed by atoms with Crippen molar-refractivity contribution in [2.75, 3.05) is 5.32 Å². The van der Waals surface area contributed by atoms with E-state index < -0.39 is 17.9 Å². The number of halogens is 1. The van der Waals surface area contributed by atoms with Gasteiger partial charge in [0.15, 0.2) is 5.79 Å². The smallest absolute Gasteiger partial charge is 0.231 e. The molecule has 0 radical (unpaired) electrons. The van der Waals surface area contributed by atoms with Crippen LogP contribution in [0, 0.1) is 5.92 Å². The zero-order valence-electron chi connectivity index (χ0n) is 19.6. The predicted molar refractivity (Wildman–Crippen MR) is 129 cm³/mol. The van der Waals surface area contributed by atoms with Crippen LogP contribution in [0.3, 0.4) is 0 Å². The summed E-state index contributed by atoms with van der Waals surface area (Å²) in [6.45, 7) is 7.69. The Hall–Kier alpha value is -2.90. The Morgan fingerprint density at radius 1 is 1.24 bits per heavy atom. The van der Waals surface area contributed by atoms with Crippen molar-refractivity contribution in [3.63, 3.8) is 0 Å². The highest BCUT2D eigenvalue weighted by molar-refractivity contribution is 5.96. The van der Waals surface area contributed by atoms with E-state index in [1.165, 1.54) is 0 Å². The number of aliphatic hydroxyl groups is 2. The molecule has 3 N–H and O–H groups in total. The van der Waals surface area contributed by atoms with Crippen molar-refractivity contribution >= 4 is 28.1 Å². The number of alkyl halides is 1. The quantitative estimate of drug-likeness (QED) is 0.363. The number of allylic oxidation sites excluding steroid dienone is 4. The van der Waals surface area contributed by atoms with E-state index in [9.17, 15) is 19.4 Å². The van der Waals surface area contributed by atoms with Gasteiger partial charge in [-0.3, -0.25) is 9.78 Å². The van der Waals surface area contributed by atoms with Gasteiger partial charge in [-0.25, -0.2) is 9.37 Å². The first-order chi connectivity index (χ1) is 15.7. The molecule has 1 saturated carbocycles. The van der Waals surface area contributed by atoms with Crippen LogP contribution in [0.1, 0.15) is 59.1 Å². The number of aromatic nitrogens is 2. The Morgan fingerprint density at radius 2 is 1.91 bits per heavy atom. The van der Waals surface area contributed by atoms with E-state index >= 15 is 0 Å². The van der Waals surface area contributed by atoms with Crippen molar-refractivity contribution in [3.05, 3.63) is 59.6 Å². The number of anilines is 1. The third-order valence-corrected chi connectivity index (χ3v) is 5.75. The summed E-state index contributed by atoms with van der Waals surface area (Å²) in [5, 5.41) is 25.3. The van der Waals surface area contributed by atoms with Crippen LogP contribution >= 0.6 is 0 Å². The topological polar surface area (TPSA) is 95.3 Å². The van der Waals surface area contributed by atoms with Gasteiger partial charge in [-0.05, 0) is 50.0 Å². The van der Waals surface area contributed by atoms with Gasteiger partial charge in [-0.2, -0.15) is 0 Å². The maximum absolute atomic E-state index is 13.1. The Labute approximate surface area is 194 Å². The Balaban J connectivity index is 1.86. The lowest BCUT2D eigenvalue weighted by Crippen LogP contribution is -2.29. The number of hydrogen-bond donors (Lipinski definition) is 3. The molecule has 0 aromatic carbocycles. The lowest BCUT2D eigenvalue weighted by molar-refractivity contribution is -0.130. The number of carbonyl (C=O) groups excluding carboxylic acids is 1. The average molecular weight is 454 g/mol. The molecule has 6 nitrogen and oxygen atoms in total. The third kappa shape index (κ3) is 5.92. The number of nitrogens with one attached hydrogen (secondary N) is 1. The molecule has 0 saturated heterocycles. The van der Waals surface area contributed by atoms with E-state index in [1.807, 2.05) is 45.9 Å². The minimum atomic E-state index is -1.88. The van der Waals surface area contributed by atoms with Gasteiger partial charge in [0.2, 0.25) is 5.91 Å². The van der Waals surface area contributed by atoms with Crippen molar-refractivity contribution in [2.24, 2.45) is 5.92 Å². The Morgan fingerprint density at radius 3 is 2.52 bits per heavy atom. The van der Waals surface area contributed by atoms with Crippen LogP contribution in [0.5, 0.6) is 0 Å². The van der Waals surface area contributed by atoms with Crippen molar-refractivity contribution in [1.82, 2.24) is 9.97 Å². The van der Waals surface area contributed by atoms with E-state index in [-0.39, 0.29) is 18.7 Å². The van der Waals surface area contributed by atoms with Crippen LogP contribution < -0.4 is 5.32 Å². The standard InChI is InChI=1S/C26H32FN3O3/c1-5-8-19(26(32,33)9-6-2)10-16(4)20(7-3)23-11-17-15-29-24(12-18(17)14-28-23)30-25(31)21-13-22(21)27/h7-8,10-12,14-15,21-22,32-33H,5-6,9,13H2,1-4H3,(H,29,30,31)/b16-10-,19-8-,20-7+. The normalized spacial score (nSPS) is 19.7. The van der Waals surface area contributed by atoms with Crippen molar-refractivity contribution < 1.29 is 19.4 Å². The highest BCUT2D eigenvalue weighted by Gasteiger charge is 2.43. The fourth-order valence-corrected chi connectivity index (χ4v) is 3.85. The molecule has 33 heavy (non-hydrogen) atoms. The molecular weight excluding hydrogens is 421 g/mol. The number of rotatable bonds is 9. The van der Waals surface area contributed by atoms with Gasteiger partial charge in [-0.1, -0.05) is 38.5 Å². The minimum absolute atomic E-state index is 0.249. The number of amides is 1. The molecule has 1 aliphatic rings. The number of hydrogen-bond acceptors (Lipinski definition) is 5. The summed E-state index contributed by atoms with van der Waals surface area (Å²) < 4.78 is 13.1. The van der Waals surface area contributed by atoms with Gasteiger partial charge < -0.3 is 15.5 Å². The molecule has 1 fully saturated rings. The number of pyridine rings is 2. The molecule has 3 rings (SSSR count). The summed E-state index contributed by atoms with van der Waals surface area (Å²) in [4.78, 5) is 20.8. The van der Waals surface area contributed by atoms with Crippen LogP contribution in [0.2, 0.25) is 0 Å². The van der Waals surface area contributed by atoms with E-state index in [2.05, 4.69) is 15.3 Å². The van der Waals surface area contributed by atoms with Gasteiger partial charge in [0.25, 0.3) is 0 Å². The second-order valence-corrected chi connectivity index (χ2v) is 8.50. The highest BCUT2D eigenvalue weighted by Crippen LogP contribution is 2.35. The molecule has 2 atom stereocenters. The molecular formula is C26H32FN3O3. The molecule has 0 aliphatic heterocycles.